The van der Waals surface area contributed by atoms with E-state index in [2.05, 4.69) is 9.97 Å². The Morgan fingerprint density at radius 3 is 2.72 bits per heavy atom. The number of aromatic hydroxyl groups is 1. The van der Waals surface area contributed by atoms with Crippen molar-refractivity contribution < 1.29 is 23.1 Å². The molecule has 1 amide bonds. The van der Waals surface area contributed by atoms with Gasteiger partial charge in [0.1, 0.15) is 6.33 Å². The van der Waals surface area contributed by atoms with Crippen LogP contribution in [-0.4, -0.2) is 39.0 Å². The Hall–Kier alpha value is -2.64. The monoisotopic (exact) mass is 351 g/mol. The molecule has 2 aromatic rings. The van der Waals surface area contributed by atoms with E-state index in [1.807, 2.05) is 0 Å². The van der Waals surface area contributed by atoms with Crippen LogP contribution in [0.2, 0.25) is 0 Å². The third-order valence-corrected chi connectivity index (χ3v) is 4.35. The SMILES string of the molecule is O=C(N1CCCC(c2cccc(O)c2F)C1)C(F)(F)c1cncnc1. The molecule has 2 heterocycles. The molecule has 1 aromatic carbocycles. The number of carbonyl (C=O) groups is 1. The maximum Gasteiger partial charge on any atom is 0.352 e. The van der Waals surface area contributed by atoms with Gasteiger partial charge in [-0.3, -0.25) is 4.79 Å². The number of carbonyl (C=O) groups excluding carboxylic acids is 1. The van der Waals surface area contributed by atoms with Gasteiger partial charge in [0.2, 0.25) is 0 Å². The second kappa shape index (κ2) is 6.70. The van der Waals surface area contributed by atoms with Crippen LogP contribution in [0, 0.1) is 5.82 Å². The molecule has 0 spiro atoms. The van der Waals surface area contributed by atoms with Crippen molar-refractivity contribution in [3.05, 3.63) is 53.9 Å². The third-order valence-electron chi connectivity index (χ3n) is 4.35. The summed E-state index contributed by atoms with van der Waals surface area (Å²) in [5.74, 6) is -6.82. The minimum atomic E-state index is -3.75. The third kappa shape index (κ3) is 3.29. The van der Waals surface area contributed by atoms with E-state index in [9.17, 15) is 23.1 Å². The van der Waals surface area contributed by atoms with Crippen LogP contribution >= 0.6 is 0 Å². The summed E-state index contributed by atoms with van der Waals surface area (Å²) in [6.45, 7) is 0.127. The molecule has 132 valence electrons. The number of likely N-dealkylation sites (tertiary alicyclic amines) is 1. The van der Waals surface area contributed by atoms with Gasteiger partial charge in [-0.2, -0.15) is 8.78 Å². The van der Waals surface area contributed by atoms with Crippen molar-refractivity contribution in [1.29, 1.82) is 0 Å². The van der Waals surface area contributed by atoms with Gasteiger partial charge in [0.15, 0.2) is 11.6 Å². The molecule has 3 rings (SSSR count). The first-order valence-corrected chi connectivity index (χ1v) is 7.81. The molecule has 0 saturated carbocycles. The number of alkyl halides is 2. The molecule has 1 aliphatic rings. The van der Waals surface area contributed by atoms with Gasteiger partial charge in [-0.25, -0.2) is 14.4 Å². The van der Waals surface area contributed by atoms with E-state index in [0.717, 1.165) is 23.6 Å². The lowest BCUT2D eigenvalue weighted by atomic mass is 9.89. The van der Waals surface area contributed by atoms with Gasteiger partial charge in [-0.05, 0) is 24.5 Å². The van der Waals surface area contributed by atoms with Crippen LogP contribution in [0.25, 0.3) is 0 Å². The predicted octanol–water partition coefficient (Wildman–Crippen LogP) is 2.82. The number of aromatic nitrogens is 2. The number of amides is 1. The quantitative estimate of drug-likeness (QED) is 0.923. The summed E-state index contributed by atoms with van der Waals surface area (Å²) in [7, 11) is 0. The smallest absolute Gasteiger partial charge is 0.352 e. The van der Waals surface area contributed by atoms with Gasteiger partial charge in [-0.1, -0.05) is 12.1 Å². The zero-order chi connectivity index (χ0) is 18.0. The zero-order valence-corrected chi connectivity index (χ0v) is 13.2. The molecule has 1 fully saturated rings. The van der Waals surface area contributed by atoms with E-state index in [4.69, 9.17) is 0 Å². The molecule has 25 heavy (non-hydrogen) atoms. The predicted molar refractivity (Wildman–Crippen MR) is 82.5 cm³/mol. The molecule has 1 aliphatic heterocycles. The summed E-state index contributed by atoms with van der Waals surface area (Å²) in [5.41, 5.74) is -0.352. The van der Waals surface area contributed by atoms with Crippen molar-refractivity contribution in [3.63, 3.8) is 0 Å². The van der Waals surface area contributed by atoms with Crippen molar-refractivity contribution in [2.75, 3.05) is 13.1 Å². The molecule has 1 N–H and O–H groups in total. The molecule has 0 radical (unpaired) electrons. The van der Waals surface area contributed by atoms with Crippen LogP contribution in [0.5, 0.6) is 5.75 Å². The van der Waals surface area contributed by atoms with E-state index < -0.39 is 34.9 Å². The van der Waals surface area contributed by atoms with Crippen LogP contribution in [0.3, 0.4) is 0 Å². The van der Waals surface area contributed by atoms with Crippen molar-refractivity contribution in [3.8, 4) is 5.75 Å². The summed E-state index contributed by atoms with van der Waals surface area (Å²) < 4.78 is 42.9. The first-order valence-electron chi connectivity index (χ1n) is 7.81. The molecule has 8 heteroatoms. The lowest BCUT2D eigenvalue weighted by Gasteiger charge is -2.35. The lowest BCUT2D eigenvalue weighted by molar-refractivity contribution is -0.160. The number of hydrogen-bond acceptors (Lipinski definition) is 4. The molecule has 1 aromatic heterocycles. The standard InChI is InChI=1S/C17H16F3N3O2/c18-15-13(4-1-5-14(15)24)11-3-2-6-23(9-11)16(25)17(19,20)12-7-21-10-22-8-12/h1,4-5,7-8,10-11,24H,2-3,6,9H2. The number of piperidine rings is 1. The second-order valence-electron chi connectivity index (χ2n) is 5.97. The average Bonchev–Trinajstić information content (AvgIpc) is 2.64. The summed E-state index contributed by atoms with van der Waals surface area (Å²) >= 11 is 0. The van der Waals surface area contributed by atoms with Crippen molar-refractivity contribution >= 4 is 5.91 Å². The van der Waals surface area contributed by atoms with E-state index in [0.29, 0.717) is 12.8 Å². The van der Waals surface area contributed by atoms with Crippen LogP contribution in [0.1, 0.15) is 29.9 Å². The number of phenols is 1. The maximum absolute atomic E-state index is 14.4. The summed E-state index contributed by atoms with van der Waals surface area (Å²) in [4.78, 5) is 20.4. The number of halogens is 3. The number of hydrogen-bond donors (Lipinski definition) is 1. The van der Waals surface area contributed by atoms with Crippen molar-refractivity contribution in [2.45, 2.75) is 24.7 Å². The molecule has 0 aliphatic carbocycles. The van der Waals surface area contributed by atoms with E-state index in [1.165, 1.54) is 18.2 Å². The van der Waals surface area contributed by atoms with Crippen LogP contribution < -0.4 is 0 Å². The Labute approximate surface area is 142 Å². The Kier molecular flexibility index (Phi) is 4.61. The average molecular weight is 351 g/mol. The minimum Gasteiger partial charge on any atom is -0.505 e. The first-order chi connectivity index (χ1) is 11.9. The highest BCUT2D eigenvalue weighted by atomic mass is 19.3. The van der Waals surface area contributed by atoms with Crippen molar-refractivity contribution in [2.24, 2.45) is 0 Å². The zero-order valence-electron chi connectivity index (χ0n) is 13.2. The molecule has 5 nitrogen and oxygen atoms in total. The van der Waals surface area contributed by atoms with E-state index in [1.54, 1.807) is 0 Å². The normalized spacial score (nSPS) is 18.2. The highest BCUT2D eigenvalue weighted by molar-refractivity contribution is 5.84. The van der Waals surface area contributed by atoms with Gasteiger partial charge in [0, 0.05) is 31.4 Å². The summed E-state index contributed by atoms with van der Waals surface area (Å²) in [6, 6.07) is 4.20. The summed E-state index contributed by atoms with van der Waals surface area (Å²) in [6.07, 6.45) is 3.92. The van der Waals surface area contributed by atoms with E-state index >= 15 is 0 Å². The highest BCUT2D eigenvalue weighted by Crippen LogP contribution is 2.35. The van der Waals surface area contributed by atoms with E-state index in [-0.39, 0.29) is 18.7 Å². The van der Waals surface area contributed by atoms with Gasteiger partial charge in [-0.15, -0.1) is 0 Å². The topological polar surface area (TPSA) is 66.3 Å². The molecule has 1 atom stereocenters. The Morgan fingerprint density at radius 1 is 1.28 bits per heavy atom. The molecule has 1 saturated heterocycles. The second-order valence-corrected chi connectivity index (χ2v) is 5.97. The van der Waals surface area contributed by atoms with Crippen LogP contribution in [0.4, 0.5) is 13.2 Å². The largest absolute Gasteiger partial charge is 0.505 e. The van der Waals surface area contributed by atoms with Crippen molar-refractivity contribution in [1.82, 2.24) is 14.9 Å². The Balaban J connectivity index is 1.81. The summed E-state index contributed by atoms with van der Waals surface area (Å²) in [5, 5.41) is 9.49. The fourth-order valence-corrected chi connectivity index (χ4v) is 3.05. The van der Waals surface area contributed by atoms with Gasteiger partial charge >= 0.3 is 5.92 Å². The minimum absolute atomic E-state index is 0.0392. The molecular weight excluding hydrogens is 335 g/mol. The number of phenolic OH excluding ortho intramolecular Hbond substituents is 1. The fourth-order valence-electron chi connectivity index (χ4n) is 3.05. The number of benzene rings is 1. The van der Waals surface area contributed by atoms with Gasteiger partial charge in [0.05, 0.1) is 5.56 Å². The lowest BCUT2D eigenvalue weighted by Crippen LogP contribution is -2.46. The van der Waals surface area contributed by atoms with Gasteiger partial charge < -0.3 is 10.0 Å². The van der Waals surface area contributed by atoms with Gasteiger partial charge in [0.25, 0.3) is 5.91 Å². The molecule has 0 bridgehead atoms. The highest BCUT2D eigenvalue weighted by Gasteiger charge is 2.45. The first kappa shape index (κ1) is 17.2. The Morgan fingerprint density at radius 2 is 2.00 bits per heavy atom. The Bertz CT molecular complexity index is 771. The number of nitrogens with zero attached hydrogens (tertiary/aromatic N) is 3. The molecule has 1 unspecified atom stereocenters. The number of rotatable bonds is 3. The van der Waals surface area contributed by atoms with Crippen LogP contribution in [0.15, 0.2) is 36.9 Å². The fraction of sp³-hybridized carbons (Fsp3) is 0.353. The van der Waals surface area contributed by atoms with Crippen LogP contribution in [-0.2, 0) is 10.7 Å². The molecular formula is C17H16F3N3O2. The maximum atomic E-state index is 14.4.